The fourth-order valence-corrected chi connectivity index (χ4v) is 3.66. The van der Waals surface area contributed by atoms with Crippen LogP contribution in [0.3, 0.4) is 0 Å². The maximum Gasteiger partial charge on any atom is 0.234 e. The van der Waals surface area contributed by atoms with E-state index in [1.54, 1.807) is 24.5 Å². The van der Waals surface area contributed by atoms with Gasteiger partial charge in [0.25, 0.3) is 0 Å². The molecule has 2 aromatic carbocycles. The summed E-state index contributed by atoms with van der Waals surface area (Å²) in [5.74, 6) is 1.20. The van der Waals surface area contributed by atoms with Gasteiger partial charge in [-0.15, -0.1) is 10.2 Å². The second-order valence-electron chi connectivity index (χ2n) is 6.39. The highest BCUT2D eigenvalue weighted by Gasteiger charge is 2.19. The molecule has 158 valence electrons. The van der Waals surface area contributed by atoms with Crippen molar-refractivity contribution in [2.45, 2.75) is 12.1 Å². The van der Waals surface area contributed by atoms with Gasteiger partial charge in [-0.2, -0.15) is 0 Å². The Balaban J connectivity index is 1.56. The highest BCUT2D eigenvalue weighted by molar-refractivity contribution is 7.99. The number of hydrogen-bond acceptors (Lipinski definition) is 6. The maximum absolute atomic E-state index is 13.3. The number of ether oxygens (including phenoxy) is 1. The molecule has 1 amide bonds. The van der Waals surface area contributed by atoms with Crippen LogP contribution in [0.5, 0.6) is 5.75 Å². The smallest absolute Gasteiger partial charge is 0.234 e. The first-order chi connectivity index (χ1) is 15.1. The van der Waals surface area contributed by atoms with Gasteiger partial charge in [-0.1, -0.05) is 17.8 Å². The monoisotopic (exact) mass is 438 g/mol. The van der Waals surface area contributed by atoms with Gasteiger partial charge in [0.15, 0.2) is 10.9 Å². The standard InChI is InChI=1S/C22H19FN4O3S/c1-2-29-18-10-8-17(9-11-18)27-21(19-7-4-12-30-19)25-26-22(27)31-14-20(28)24-16-6-3-5-15(23)13-16/h3-13H,2,14H2,1H3,(H,24,28). The van der Waals surface area contributed by atoms with Crippen LogP contribution in [0.4, 0.5) is 10.1 Å². The number of aromatic nitrogens is 3. The summed E-state index contributed by atoms with van der Waals surface area (Å²) in [6.07, 6.45) is 1.56. The van der Waals surface area contributed by atoms with Crippen molar-refractivity contribution in [2.75, 3.05) is 17.7 Å². The molecule has 0 radical (unpaired) electrons. The lowest BCUT2D eigenvalue weighted by atomic mass is 10.3. The Labute approximate surface area is 182 Å². The van der Waals surface area contributed by atoms with Gasteiger partial charge < -0.3 is 14.5 Å². The summed E-state index contributed by atoms with van der Waals surface area (Å²) in [6, 6.07) is 16.8. The third-order valence-corrected chi connectivity index (χ3v) is 5.15. The lowest BCUT2D eigenvalue weighted by Gasteiger charge is -2.10. The van der Waals surface area contributed by atoms with Crippen molar-refractivity contribution in [1.29, 1.82) is 0 Å². The summed E-state index contributed by atoms with van der Waals surface area (Å²) < 4.78 is 26.2. The zero-order valence-corrected chi connectivity index (χ0v) is 17.4. The lowest BCUT2D eigenvalue weighted by Crippen LogP contribution is -2.14. The number of hydrogen-bond donors (Lipinski definition) is 1. The van der Waals surface area contributed by atoms with Gasteiger partial charge in [0.05, 0.1) is 24.3 Å². The van der Waals surface area contributed by atoms with E-state index in [1.165, 1.54) is 30.0 Å². The molecule has 0 aliphatic rings. The van der Waals surface area contributed by atoms with Gasteiger partial charge in [0, 0.05) is 5.69 Å². The molecule has 7 nitrogen and oxygen atoms in total. The highest BCUT2D eigenvalue weighted by atomic mass is 32.2. The first-order valence-electron chi connectivity index (χ1n) is 9.55. The number of halogens is 1. The Morgan fingerprint density at radius 1 is 1.16 bits per heavy atom. The molecule has 0 bridgehead atoms. The summed E-state index contributed by atoms with van der Waals surface area (Å²) in [5.41, 5.74) is 1.20. The first kappa shape index (κ1) is 20.7. The molecule has 0 spiro atoms. The topological polar surface area (TPSA) is 82.2 Å². The average molecular weight is 438 g/mol. The number of nitrogens with zero attached hydrogens (tertiary/aromatic N) is 3. The number of rotatable bonds is 8. The third-order valence-electron chi connectivity index (χ3n) is 4.22. The van der Waals surface area contributed by atoms with Gasteiger partial charge in [-0.25, -0.2) is 4.39 Å². The summed E-state index contributed by atoms with van der Waals surface area (Å²) >= 11 is 1.22. The van der Waals surface area contributed by atoms with Crippen LogP contribution >= 0.6 is 11.8 Å². The minimum Gasteiger partial charge on any atom is -0.494 e. The highest BCUT2D eigenvalue weighted by Crippen LogP contribution is 2.29. The minimum absolute atomic E-state index is 0.0732. The molecule has 0 fully saturated rings. The van der Waals surface area contributed by atoms with Crippen molar-refractivity contribution in [1.82, 2.24) is 14.8 Å². The predicted molar refractivity (Wildman–Crippen MR) is 116 cm³/mol. The molecule has 4 rings (SSSR count). The molecule has 0 saturated heterocycles. The second kappa shape index (κ2) is 9.48. The number of furan rings is 1. The second-order valence-corrected chi connectivity index (χ2v) is 7.34. The zero-order valence-electron chi connectivity index (χ0n) is 16.6. The molecule has 0 saturated carbocycles. The van der Waals surface area contributed by atoms with Crippen LogP contribution in [-0.4, -0.2) is 33.0 Å². The normalized spacial score (nSPS) is 10.8. The molecule has 31 heavy (non-hydrogen) atoms. The molecular weight excluding hydrogens is 419 g/mol. The van der Waals surface area contributed by atoms with E-state index in [9.17, 15) is 9.18 Å². The van der Waals surface area contributed by atoms with Crippen LogP contribution in [0, 0.1) is 5.82 Å². The number of benzene rings is 2. The largest absolute Gasteiger partial charge is 0.494 e. The van der Waals surface area contributed by atoms with E-state index < -0.39 is 5.82 Å². The number of nitrogens with one attached hydrogen (secondary N) is 1. The molecule has 0 atom stereocenters. The summed E-state index contributed by atoms with van der Waals surface area (Å²) in [7, 11) is 0. The Bertz CT molecular complexity index is 1160. The first-order valence-corrected chi connectivity index (χ1v) is 10.5. The van der Waals surface area contributed by atoms with Crippen molar-refractivity contribution in [3.05, 3.63) is 72.7 Å². The molecule has 2 heterocycles. The number of carbonyl (C=O) groups is 1. The fraction of sp³-hybridized carbons (Fsp3) is 0.136. The van der Waals surface area contributed by atoms with E-state index in [4.69, 9.17) is 9.15 Å². The Morgan fingerprint density at radius 3 is 2.71 bits per heavy atom. The average Bonchev–Trinajstić information content (AvgIpc) is 3.43. The van der Waals surface area contributed by atoms with Crippen LogP contribution in [0.1, 0.15) is 6.92 Å². The Hall–Kier alpha value is -3.59. The maximum atomic E-state index is 13.3. The van der Waals surface area contributed by atoms with E-state index in [0.29, 0.717) is 29.0 Å². The van der Waals surface area contributed by atoms with Crippen molar-refractivity contribution in [2.24, 2.45) is 0 Å². The van der Waals surface area contributed by atoms with Crippen LogP contribution in [-0.2, 0) is 4.79 Å². The Morgan fingerprint density at radius 2 is 2.00 bits per heavy atom. The van der Waals surface area contributed by atoms with E-state index in [0.717, 1.165) is 11.4 Å². The van der Waals surface area contributed by atoms with Crippen LogP contribution in [0.15, 0.2) is 76.5 Å². The summed E-state index contributed by atoms with van der Waals surface area (Å²) in [5, 5.41) is 11.7. The van der Waals surface area contributed by atoms with Gasteiger partial charge in [0.1, 0.15) is 11.6 Å². The molecule has 0 aliphatic heterocycles. The van der Waals surface area contributed by atoms with Crippen molar-refractivity contribution >= 4 is 23.4 Å². The molecule has 0 aliphatic carbocycles. The van der Waals surface area contributed by atoms with E-state index >= 15 is 0 Å². The van der Waals surface area contributed by atoms with Gasteiger partial charge >= 0.3 is 0 Å². The Kier molecular flexibility index (Phi) is 6.32. The number of anilines is 1. The van der Waals surface area contributed by atoms with E-state index in [-0.39, 0.29) is 11.7 Å². The summed E-state index contributed by atoms with van der Waals surface area (Å²) in [6.45, 7) is 2.50. The zero-order chi connectivity index (χ0) is 21.6. The molecule has 0 unspecified atom stereocenters. The van der Waals surface area contributed by atoms with Crippen LogP contribution < -0.4 is 10.1 Å². The fourth-order valence-electron chi connectivity index (χ4n) is 2.91. The van der Waals surface area contributed by atoms with Crippen LogP contribution in [0.25, 0.3) is 17.3 Å². The van der Waals surface area contributed by atoms with Crippen LogP contribution in [0.2, 0.25) is 0 Å². The molecule has 4 aromatic rings. The number of carbonyl (C=O) groups excluding carboxylic acids is 1. The van der Waals surface area contributed by atoms with Gasteiger partial charge in [-0.3, -0.25) is 9.36 Å². The van der Waals surface area contributed by atoms with Gasteiger partial charge in [0.2, 0.25) is 11.7 Å². The van der Waals surface area contributed by atoms with Crippen molar-refractivity contribution in [3.63, 3.8) is 0 Å². The number of amides is 1. The number of thioether (sulfide) groups is 1. The van der Waals surface area contributed by atoms with Crippen molar-refractivity contribution in [3.8, 4) is 23.0 Å². The predicted octanol–water partition coefficient (Wildman–Crippen LogP) is 4.80. The van der Waals surface area contributed by atoms with Gasteiger partial charge in [-0.05, 0) is 61.5 Å². The lowest BCUT2D eigenvalue weighted by molar-refractivity contribution is -0.113. The molecule has 9 heteroatoms. The SMILES string of the molecule is CCOc1ccc(-n2c(SCC(=O)Nc3cccc(F)c3)nnc2-c2ccco2)cc1. The van der Waals surface area contributed by atoms with E-state index in [2.05, 4.69) is 15.5 Å². The summed E-state index contributed by atoms with van der Waals surface area (Å²) in [4.78, 5) is 12.4. The van der Waals surface area contributed by atoms with Crippen molar-refractivity contribution < 1.29 is 18.3 Å². The molecule has 2 aromatic heterocycles. The minimum atomic E-state index is -0.413. The van der Waals surface area contributed by atoms with E-state index in [1.807, 2.05) is 35.8 Å². The third kappa shape index (κ3) is 4.95. The molecular formula is C22H19FN4O3S. The molecule has 1 N–H and O–H groups in total. The quantitative estimate of drug-likeness (QED) is 0.398.